The zero-order valence-corrected chi connectivity index (χ0v) is 16.4. The fourth-order valence-electron chi connectivity index (χ4n) is 2.50. The van der Waals surface area contributed by atoms with Crippen molar-refractivity contribution in [3.05, 3.63) is 30.2 Å². The first-order valence-corrected chi connectivity index (χ1v) is 11.9. The Labute approximate surface area is 153 Å². The molecule has 0 saturated heterocycles. The topological polar surface area (TPSA) is 115 Å². The number of carbonyl (C=O) groups excluding carboxylic acids is 3. The first-order chi connectivity index (χ1) is 12.2. The quantitative estimate of drug-likeness (QED) is 0.516. The first-order valence-electron chi connectivity index (χ1n) is 8.73. The van der Waals surface area contributed by atoms with Crippen LogP contribution in [-0.4, -0.2) is 36.3 Å². The standard InChI is InChI=1S/C18H25N3O4Si/c1-4-7-13(20-15(22)10-11-26(2,3)18(19)24)16(23)17-21-12-8-5-6-9-14(12)25-17/h5-6,8-9,13H,4,7,10-11H2,1-3H3,(H2,19,24)(H,20,22)/t13-/m0/s1. The highest BCUT2D eigenvalue weighted by Gasteiger charge is 2.30. The normalized spacial score (nSPS) is 12.7. The van der Waals surface area contributed by atoms with Crippen LogP contribution < -0.4 is 11.1 Å². The van der Waals surface area contributed by atoms with Crippen molar-refractivity contribution in [2.75, 3.05) is 0 Å². The van der Waals surface area contributed by atoms with Gasteiger partial charge in [-0.15, -0.1) is 0 Å². The molecule has 0 bridgehead atoms. The highest BCUT2D eigenvalue weighted by molar-refractivity contribution is 7.04. The summed E-state index contributed by atoms with van der Waals surface area (Å²) in [7, 11) is -2.26. The summed E-state index contributed by atoms with van der Waals surface area (Å²) < 4.78 is 5.52. The number of ketones is 1. The van der Waals surface area contributed by atoms with Crippen LogP contribution in [0.1, 0.15) is 36.9 Å². The highest BCUT2D eigenvalue weighted by Crippen LogP contribution is 2.17. The summed E-state index contributed by atoms with van der Waals surface area (Å²) >= 11 is 0. The van der Waals surface area contributed by atoms with Gasteiger partial charge in [-0.3, -0.25) is 14.4 Å². The number of carbonyl (C=O) groups is 3. The summed E-state index contributed by atoms with van der Waals surface area (Å²) in [6, 6.07) is 6.87. The molecule has 0 aliphatic heterocycles. The van der Waals surface area contributed by atoms with Crippen molar-refractivity contribution in [2.45, 2.75) is 51.4 Å². The van der Waals surface area contributed by atoms with Gasteiger partial charge in [0.05, 0.1) is 6.04 Å². The van der Waals surface area contributed by atoms with Crippen molar-refractivity contribution in [3.8, 4) is 0 Å². The number of nitrogens with two attached hydrogens (primary N) is 1. The zero-order valence-electron chi connectivity index (χ0n) is 15.4. The van der Waals surface area contributed by atoms with Gasteiger partial charge in [0.15, 0.2) is 19.2 Å². The summed E-state index contributed by atoms with van der Waals surface area (Å²) in [6.07, 6.45) is 1.38. The fourth-order valence-corrected chi connectivity index (χ4v) is 3.60. The molecule has 1 heterocycles. The lowest BCUT2D eigenvalue weighted by molar-refractivity contribution is -0.121. The van der Waals surface area contributed by atoms with Gasteiger partial charge in [0, 0.05) is 6.42 Å². The Kier molecular flexibility index (Phi) is 6.31. The van der Waals surface area contributed by atoms with Crippen LogP contribution in [0.2, 0.25) is 19.1 Å². The van der Waals surface area contributed by atoms with Crippen LogP contribution in [0.15, 0.2) is 28.7 Å². The third-order valence-electron chi connectivity index (χ3n) is 4.38. The Bertz CT molecular complexity index is 783. The second-order valence-electron chi connectivity index (χ2n) is 7.01. The van der Waals surface area contributed by atoms with Crippen molar-refractivity contribution < 1.29 is 18.8 Å². The molecule has 2 aromatic rings. The van der Waals surface area contributed by atoms with Crippen molar-refractivity contribution in [1.29, 1.82) is 0 Å². The predicted octanol–water partition coefficient (Wildman–Crippen LogP) is 3.05. The Hall–Kier alpha value is -2.48. The number of amides is 2. The van der Waals surface area contributed by atoms with Gasteiger partial charge in [-0.25, -0.2) is 4.98 Å². The van der Waals surface area contributed by atoms with E-state index < -0.39 is 14.1 Å². The van der Waals surface area contributed by atoms with Gasteiger partial charge in [-0.1, -0.05) is 38.6 Å². The van der Waals surface area contributed by atoms with Crippen LogP contribution >= 0.6 is 0 Å². The molecule has 0 aliphatic carbocycles. The number of para-hydroxylation sites is 2. The maximum Gasteiger partial charge on any atom is 0.266 e. The van der Waals surface area contributed by atoms with Crippen LogP contribution in [0.3, 0.4) is 0 Å². The molecule has 1 atom stereocenters. The average Bonchev–Trinajstić information content (AvgIpc) is 3.03. The van der Waals surface area contributed by atoms with Crippen LogP contribution in [0.4, 0.5) is 4.79 Å². The molecule has 3 N–H and O–H groups in total. The van der Waals surface area contributed by atoms with E-state index in [-0.39, 0.29) is 29.5 Å². The number of Topliss-reactive ketones (excluding diaryl/α,β-unsaturated/α-hetero) is 1. The third-order valence-corrected chi connectivity index (χ3v) is 7.21. The number of fused-ring (bicyclic) bond motifs is 1. The minimum absolute atomic E-state index is 0.00297. The molecule has 8 heteroatoms. The van der Waals surface area contributed by atoms with Crippen molar-refractivity contribution in [1.82, 2.24) is 10.3 Å². The van der Waals surface area contributed by atoms with E-state index >= 15 is 0 Å². The predicted molar refractivity (Wildman–Crippen MR) is 102 cm³/mol. The van der Waals surface area contributed by atoms with Crippen LogP contribution in [0, 0.1) is 0 Å². The van der Waals surface area contributed by atoms with Crippen molar-refractivity contribution in [3.63, 3.8) is 0 Å². The molecule has 1 aromatic carbocycles. The van der Waals surface area contributed by atoms with Crippen LogP contribution in [0.25, 0.3) is 11.1 Å². The number of rotatable bonds is 9. The Morgan fingerprint density at radius 2 is 1.96 bits per heavy atom. The highest BCUT2D eigenvalue weighted by atomic mass is 28.3. The van der Waals surface area contributed by atoms with Gasteiger partial charge in [0.25, 0.3) is 5.89 Å². The number of primary amides is 1. The summed E-state index contributed by atoms with van der Waals surface area (Å²) in [5, 5.41) is 2.75. The molecule has 2 rings (SSSR count). The third kappa shape index (κ3) is 4.78. The van der Waals surface area contributed by atoms with Gasteiger partial charge in [0.2, 0.25) is 11.7 Å². The average molecular weight is 376 g/mol. The molecule has 0 saturated carbocycles. The number of benzene rings is 1. The second kappa shape index (κ2) is 8.26. The van der Waals surface area contributed by atoms with Crippen LogP contribution in [0.5, 0.6) is 0 Å². The lowest BCUT2D eigenvalue weighted by Crippen LogP contribution is -2.45. The molecule has 0 fully saturated rings. The summed E-state index contributed by atoms with van der Waals surface area (Å²) in [5.74, 6) is -0.616. The number of nitrogens with one attached hydrogen (secondary N) is 1. The van der Waals surface area contributed by atoms with E-state index in [2.05, 4.69) is 10.3 Å². The number of nitrogens with zero attached hydrogens (tertiary/aromatic N) is 1. The molecule has 7 nitrogen and oxygen atoms in total. The van der Waals surface area contributed by atoms with E-state index in [0.717, 1.165) is 6.42 Å². The second-order valence-corrected chi connectivity index (χ2v) is 11.8. The lowest BCUT2D eigenvalue weighted by Gasteiger charge is -2.19. The fraction of sp³-hybridized carbons (Fsp3) is 0.444. The summed E-state index contributed by atoms with van der Waals surface area (Å²) in [4.78, 5) is 40.6. The smallest absolute Gasteiger partial charge is 0.266 e. The van der Waals surface area contributed by atoms with Gasteiger partial charge in [-0.2, -0.15) is 0 Å². The Morgan fingerprint density at radius 1 is 1.27 bits per heavy atom. The minimum Gasteiger partial charge on any atom is -0.434 e. The number of oxazole rings is 1. The van der Waals surface area contributed by atoms with Crippen LogP contribution in [-0.2, 0) is 4.79 Å². The SMILES string of the molecule is CCC[C@H](NC(=O)CC[Si](C)(C)C(N)=O)C(=O)c1nc2ccccc2o1. The molecular weight excluding hydrogens is 350 g/mol. The molecule has 2 amide bonds. The van der Waals surface area contributed by atoms with Crippen molar-refractivity contribution >= 4 is 36.4 Å². The zero-order chi connectivity index (χ0) is 19.3. The maximum absolute atomic E-state index is 12.7. The van der Waals surface area contributed by atoms with Crippen molar-refractivity contribution in [2.24, 2.45) is 5.73 Å². The molecule has 26 heavy (non-hydrogen) atoms. The molecule has 0 aliphatic rings. The van der Waals surface area contributed by atoms with Gasteiger partial charge in [-0.05, 0) is 24.6 Å². The van der Waals surface area contributed by atoms with E-state index in [1.807, 2.05) is 26.1 Å². The largest absolute Gasteiger partial charge is 0.434 e. The first kappa shape index (κ1) is 19.8. The summed E-state index contributed by atoms with van der Waals surface area (Å²) in [6.45, 7) is 5.59. The number of hydrogen-bond donors (Lipinski definition) is 2. The van der Waals surface area contributed by atoms with E-state index in [0.29, 0.717) is 23.6 Å². The molecule has 0 unspecified atom stereocenters. The van der Waals surface area contributed by atoms with E-state index in [1.54, 1.807) is 18.2 Å². The van der Waals surface area contributed by atoms with Gasteiger partial charge < -0.3 is 15.5 Å². The number of hydrogen-bond acceptors (Lipinski definition) is 5. The van der Waals surface area contributed by atoms with E-state index in [4.69, 9.17) is 10.2 Å². The number of aromatic nitrogens is 1. The van der Waals surface area contributed by atoms with Gasteiger partial charge in [0.1, 0.15) is 5.52 Å². The maximum atomic E-state index is 12.7. The lowest BCUT2D eigenvalue weighted by atomic mass is 10.1. The van der Waals surface area contributed by atoms with E-state index in [1.165, 1.54) is 0 Å². The Balaban J connectivity index is 2.06. The van der Waals surface area contributed by atoms with Gasteiger partial charge >= 0.3 is 0 Å². The molecule has 140 valence electrons. The minimum atomic E-state index is -2.26. The molecule has 0 spiro atoms. The molecular formula is C18H25N3O4Si. The Morgan fingerprint density at radius 3 is 2.58 bits per heavy atom. The van der Waals surface area contributed by atoms with E-state index in [9.17, 15) is 14.4 Å². The molecule has 0 radical (unpaired) electrons. The monoisotopic (exact) mass is 375 g/mol. The summed E-state index contributed by atoms with van der Waals surface area (Å²) in [5.41, 5.74) is 6.20. The molecule has 1 aromatic heterocycles.